The molecule has 2 nitrogen and oxygen atoms in total. The van der Waals surface area contributed by atoms with Gasteiger partial charge >= 0.3 is 0 Å². The molecule has 2 unspecified atom stereocenters. The van der Waals surface area contributed by atoms with E-state index in [1.54, 1.807) is 0 Å². The van der Waals surface area contributed by atoms with Gasteiger partial charge in [0.1, 0.15) is 0 Å². The van der Waals surface area contributed by atoms with E-state index in [4.69, 9.17) is 5.26 Å². The molecule has 0 saturated carbocycles. The van der Waals surface area contributed by atoms with Crippen molar-refractivity contribution in [3.05, 3.63) is 35.4 Å². The maximum atomic E-state index is 10.1. The average molecular weight is 231 g/mol. The number of benzene rings is 1. The van der Waals surface area contributed by atoms with Crippen LogP contribution in [0.25, 0.3) is 0 Å². The minimum Gasteiger partial charge on any atom is -0.388 e. The zero-order valence-corrected chi connectivity index (χ0v) is 11.1. The maximum absolute atomic E-state index is 10.1. The van der Waals surface area contributed by atoms with Crippen molar-refractivity contribution in [2.45, 2.75) is 45.6 Å². The summed E-state index contributed by atoms with van der Waals surface area (Å²) in [7, 11) is 0. The van der Waals surface area contributed by atoms with Gasteiger partial charge in [0.25, 0.3) is 0 Å². The molecule has 92 valence electrons. The lowest BCUT2D eigenvalue weighted by molar-refractivity contribution is 0.120. The highest BCUT2D eigenvalue weighted by Gasteiger charge is 2.18. The molecule has 0 aliphatic rings. The molecule has 2 heteroatoms. The predicted octanol–water partition coefficient (Wildman–Crippen LogP) is 3.57. The van der Waals surface area contributed by atoms with E-state index in [1.807, 2.05) is 19.1 Å². The molecule has 0 fully saturated rings. The maximum Gasteiger partial charge on any atom is 0.0825 e. The molecule has 0 aliphatic heterocycles. The van der Waals surface area contributed by atoms with Crippen LogP contribution in [0.3, 0.4) is 0 Å². The van der Waals surface area contributed by atoms with Crippen LogP contribution < -0.4 is 0 Å². The number of nitrogens with zero attached hydrogens (tertiary/aromatic N) is 1. The first-order valence-electron chi connectivity index (χ1n) is 6.01. The van der Waals surface area contributed by atoms with Gasteiger partial charge in [0.15, 0.2) is 0 Å². The minimum atomic E-state index is -0.552. The summed E-state index contributed by atoms with van der Waals surface area (Å²) in [6.45, 7) is 8.38. The Morgan fingerprint density at radius 3 is 2.18 bits per heavy atom. The zero-order chi connectivity index (χ0) is 13.1. The number of aliphatic hydroxyl groups excluding tert-OH is 1. The minimum absolute atomic E-state index is 0.0273. The lowest BCUT2D eigenvalue weighted by atomic mass is 9.85. The molecule has 0 aliphatic carbocycles. The summed E-state index contributed by atoms with van der Waals surface area (Å²) in [6, 6.07) is 10.1. The summed E-state index contributed by atoms with van der Waals surface area (Å²) in [5, 5.41) is 18.7. The van der Waals surface area contributed by atoms with Gasteiger partial charge in [0, 0.05) is 6.42 Å². The van der Waals surface area contributed by atoms with E-state index in [-0.39, 0.29) is 11.3 Å². The second-order valence-electron chi connectivity index (χ2n) is 5.66. The lowest BCUT2D eigenvalue weighted by Gasteiger charge is -2.21. The third kappa shape index (κ3) is 3.57. The van der Waals surface area contributed by atoms with Crippen LogP contribution in [0.4, 0.5) is 0 Å². The molecule has 1 N–H and O–H groups in total. The Hall–Kier alpha value is -1.33. The number of hydrogen-bond acceptors (Lipinski definition) is 2. The van der Waals surface area contributed by atoms with Crippen molar-refractivity contribution in [1.29, 1.82) is 5.26 Å². The number of nitriles is 1. The Morgan fingerprint density at radius 2 is 1.76 bits per heavy atom. The fourth-order valence-electron chi connectivity index (χ4n) is 1.76. The first-order chi connectivity index (χ1) is 7.86. The summed E-state index contributed by atoms with van der Waals surface area (Å²) in [5.74, 6) is -0.0273. The van der Waals surface area contributed by atoms with Crippen LogP contribution in [-0.2, 0) is 5.41 Å². The highest BCUT2D eigenvalue weighted by Crippen LogP contribution is 2.27. The van der Waals surface area contributed by atoms with Crippen molar-refractivity contribution in [3.63, 3.8) is 0 Å². The van der Waals surface area contributed by atoms with E-state index in [0.717, 1.165) is 5.56 Å². The van der Waals surface area contributed by atoms with Crippen molar-refractivity contribution >= 4 is 0 Å². The van der Waals surface area contributed by atoms with E-state index in [0.29, 0.717) is 6.42 Å². The molecule has 1 rings (SSSR count). The predicted molar refractivity (Wildman–Crippen MR) is 69.5 cm³/mol. The molecule has 1 aromatic rings. The average Bonchev–Trinajstić information content (AvgIpc) is 2.27. The molecular formula is C15H21NO. The third-order valence-electron chi connectivity index (χ3n) is 3.07. The summed E-state index contributed by atoms with van der Waals surface area (Å²) in [4.78, 5) is 0. The molecular weight excluding hydrogens is 210 g/mol. The molecule has 0 spiro atoms. The summed E-state index contributed by atoms with van der Waals surface area (Å²) in [5.41, 5.74) is 2.27. The smallest absolute Gasteiger partial charge is 0.0825 e. The van der Waals surface area contributed by atoms with E-state index >= 15 is 0 Å². The van der Waals surface area contributed by atoms with Crippen LogP contribution >= 0.6 is 0 Å². The Kier molecular flexibility index (Phi) is 4.31. The van der Waals surface area contributed by atoms with E-state index in [9.17, 15) is 5.11 Å². The van der Waals surface area contributed by atoms with Crippen LogP contribution in [0, 0.1) is 17.2 Å². The molecule has 0 saturated heterocycles. The second kappa shape index (κ2) is 5.33. The number of hydrogen-bond donors (Lipinski definition) is 1. The lowest BCUT2D eigenvalue weighted by Crippen LogP contribution is -2.12. The van der Waals surface area contributed by atoms with Crippen molar-refractivity contribution in [2.24, 2.45) is 5.92 Å². The summed E-state index contributed by atoms with van der Waals surface area (Å²) < 4.78 is 0. The summed E-state index contributed by atoms with van der Waals surface area (Å²) >= 11 is 0. The van der Waals surface area contributed by atoms with E-state index < -0.39 is 6.10 Å². The van der Waals surface area contributed by atoms with Crippen LogP contribution in [0.15, 0.2) is 24.3 Å². The molecule has 1 aromatic carbocycles. The van der Waals surface area contributed by atoms with Crippen LogP contribution in [-0.4, -0.2) is 5.11 Å². The van der Waals surface area contributed by atoms with E-state index in [1.165, 1.54) is 5.56 Å². The van der Waals surface area contributed by atoms with Crippen molar-refractivity contribution in [3.8, 4) is 6.07 Å². The van der Waals surface area contributed by atoms with Gasteiger partial charge in [0.2, 0.25) is 0 Å². The topological polar surface area (TPSA) is 44.0 Å². The van der Waals surface area contributed by atoms with Gasteiger partial charge < -0.3 is 5.11 Å². The Balaban J connectivity index is 2.85. The molecule has 17 heavy (non-hydrogen) atoms. The monoisotopic (exact) mass is 231 g/mol. The number of aliphatic hydroxyl groups is 1. The summed E-state index contributed by atoms with van der Waals surface area (Å²) in [6.07, 6.45) is -0.175. The first-order valence-corrected chi connectivity index (χ1v) is 6.01. The number of rotatable bonds is 3. The fraction of sp³-hybridized carbons (Fsp3) is 0.533. The van der Waals surface area contributed by atoms with Gasteiger partial charge in [-0.05, 0) is 22.5 Å². The van der Waals surface area contributed by atoms with Gasteiger partial charge in [-0.3, -0.25) is 0 Å². The van der Waals surface area contributed by atoms with Gasteiger partial charge in [-0.25, -0.2) is 0 Å². The highest BCUT2D eigenvalue weighted by molar-refractivity contribution is 5.28. The molecule has 0 aromatic heterocycles. The first kappa shape index (κ1) is 13.7. The molecule has 0 radical (unpaired) electrons. The molecule has 0 heterocycles. The van der Waals surface area contributed by atoms with Gasteiger partial charge in [-0.1, -0.05) is 52.0 Å². The Labute approximate surface area is 104 Å². The zero-order valence-electron chi connectivity index (χ0n) is 11.1. The largest absolute Gasteiger partial charge is 0.388 e. The highest BCUT2D eigenvalue weighted by atomic mass is 16.3. The molecule has 0 amide bonds. The Morgan fingerprint density at radius 1 is 1.24 bits per heavy atom. The SMILES string of the molecule is CC(CC#N)C(O)c1ccc(C(C)(C)C)cc1. The van der Waals surface area contributed by atoms with E-state index in [2.05, 4.69) is 39.0 Å². The quantitative estimate of drug-likeness (QED) is 0.864. The normalized spacial score (nSPS) is 15.1. The van der Waals surface area contributed by atoms with Crippen molar-refractivity contribution in [2.75, 3.05) is 0 Å². The van der Waals surface area contributed by atoms with Gasteiger partial charge in [0.05, 0.1) is 12.2 Å². The Bertz CT molecular complexity index is 394. The third-order valence-corrected chi connectivity index (χ3v) is 3.07. The van der Waals surface area contributed by atoms with Crippen LogP contribution in [0.1, 0.15) is 51.3 Å². The molecule has 2 atom stereocenters. The van der Waals surface area contributed by atoms with Crippen LogP contribution in [0.2, 0.25) is 0 Å². The van der Waals surface area contributed by atoms with Crippen molar-refractivity contribution in [1.82, 2.24) is 0 Å². The standard InChI is InChI=1S/C15H21NO/c1-11(9-10-16)14(17)12-5-7-13(8-6-12)15(2,3)4/h5-8,11,14,17H,9H2,1-4H3. The molecule has 0 bridgehead atoms. The fourth-order valence-corrected chi connectivity index (χ4v) is 1.76. The van der Waals surface area contributed by atoms with Gasteiger partial charge in [-0.2, -0.15) is 5.26 Å². The van der Waals surface area contributed by atoms with Crippen LogP contribution in [0.5, 0.6) is 0 Å². The van der Waals surface area contributed by atoms with Crippen molar-refractivity contribution < 1.29 is 5.11 Å². The second-order valence-corrected chi connectivity index (χ2v) is 5.66. The van der Waals surface area contributed by atoms with Gasteiger partial charge in [-0.15, -0.1) is 0 Å².